The third-order valence-corrected chi connectivity index (χ3v) is 6.07. The molecule has 5 rings (SSSR count). The van der Waals surface area contributed by atoms with Gasteiger partial charge >= 0.3 is 0 Å². The second kappa shape index (κ2) is 7.39. The summed E-state index contributed by atoms with van der Waals surface area (Å²) in [5, 5.41) is 7.72. The summed E-state index contributed by atoms with van der Waals surface area (Å²) >= 11 is 9.80. The van der Waals surface area contributed by atoms with Crippen LogP contribution in [0.1, 0.15) is 35.4 Å². The lowest BCUT2D eigenvalue weighted by molar-refractivity contribution is -0.0191. The largest absolute Gasteiger partial charge is 0.497 e. The Balaban J connectivity index is 1.60. The first kappa shape index (κ1) is 18.5. The van der Waals surface area contributed by atoms with Crippen LogP contribution in [-0.2, 0) is 0 Å². The van der Waals surface area contributed by atoms with Crippen molar-refractivity contribution in [2.24, 2.45) is 5.10 Å². The van der Waals surface area contributed by atoms with Crippen LogP contribution >= 0.6 is 27.5 Å². The molecule has 29 heavy (non-hydrogen) atoms. The van der Waals surface area contributed by atoms with Gasteiger partial charge < -0.3 is 9.47 Å². The standard InChI is InChI=1S/C23H18BrClN2O2/c1-28-18-4-2-3-15(11-18)23-27-21(19-12-17(25)9-10-22(19)29-23)13-20(26-27)14-5-7-16(24)8-6-14/h2-12,21,23H,13H2,1H3/t21-,23-/m1/s1. The fourth-order valence-corrected chi connectivity index (χ4v) is 4.33. The van der Waals surface area contributed by atoms with Crippen LogP contribution < -0.4 is 9.47 Å². The summed E-state index contributed by atoms with van der Waals surface area (Å²) in [7, 11) is 1.67. The van der Waals surface area contributed by atoms with Gasteiger partial charge in [-0.25, -0.2) is 5.01 Å². The third-order valence-electron chi connectivity index (χ3n) is 5.31. The molecule has 6 heteroatoms. The van der Waals surface area contributed by atoms with Crippen molar-refractivity contribution in [2.45, 2.75) is 18.7 Å². The molecule has 2 heterocycles. The Morgan fingerprint density at radius 3 is 2.72 bits per heavy atom. The maximum absolute atomic E-state index is 6.39. The van der Waals surface area contributed by atoms with E-state index >= 15 is 0 Å². The number of nitrogens with zero attached hydrogens (tertiary/aromatic N) is 2. The molecular formula is C23H18BrClN2O2. The number of halogens is 2. The predicted molar refractivity (Wildman–Crippen MR) is 118 cm³/mol. The summed E-state index contributed by atoms with van der Waals surface area (Å²) in [4.78, 5) is 0. The first-order chi connectivity index (χ1) is 14.1. The van der Waals surface area contributed by atoms with E-state index in [-0.39, 0.29) is 12.3 Å². The lowest BCUT2D eigenvalue weighted by atomic mass is 9.96. The Bertz CT molecular complexity index is 1100. The minimum absolute atomic E-state index is 0.0623. The molecule has 0 aliphatic carbocycles. The van der Waals surface area contributed by atoms with Gasteiger partial charge in [0, 0.05) is 27.0 Å². The van der Waals surface area contributed by atoms with Gasteiger partial charge in [-0.15, -0.1) is 0 Å². The Morgan fingerprint density at radius 1 is 1.10 bits per heavy atom. The summed E-state index contributed by atoms with van der Waals surface area (Å²) in [6, 6.07) is 22.0. The van der Waals surface area contributed by atoms with Crippen molar-refractivity contribution in [3.8, 4) is 11.5 Å². The zero-order valence-corrected chi connectivity index (χ0v) is 18.0. The summed E-state index contributed by atoms with van der Waals surface area (Å²) in [6.45, 7) is 0. The fraction of sp³-hybridized carbons (Fsp3) is 0.174. The average Bonchev–Trinajstić information content (AvgIpc) is 3.19. The minimum Gasteiger partial charge on any atom is -0.497 e. The summed E-state index contributed by atoms with van der Waals surface area (Å²) in [5.41, 5.74) is 4.20. The topological polar surface area (TPSA) is 34.1 Å². The first-order valence-electron chi connectivity index (χ1n) is 9.34. The molecule has 0 amide bonds. The maximum Gasteiger partial charge on any atom is 0.214 e. The third kappa shape index (κ3) is 3.38. The van der Waals surface area contributed by atoms with Crippen molar-refractivity contribution in [1.29, 1.82) is 0 Å². The lowest BCUT2D eigenvalue weighted by Gasteiger charge is -2.38. The van der Waals surface area contributed by atoms with Gasteiger partial charge in [-0.05, 0) is 48.0 Å². The van der Waals surface area contributed by atoms with E-state index in [1.165, 1.54) is 0 Å². The van der Waals surface area contributed by atoms with Crippen molar-refractivity contribution in [3.63, 3.8) is 0 Å². The highest BCUT2D eigenvalue weighted by Gasteiger charge is 2.41. The van der Waals surface area contributed by atoms with Crippen LogP contribution in [0, 0.1) is 0 Å². The molecule has 0 fully saturated rings. The second-order valence-corrected chi connectivity index (χ2v) is 8.43. The lowest BCUT2D eigenvalue weighted by Crippen LogP contribution is -2.33. The maximum atomic E-state index is 6.39. The van der Waals surface area contributed by atoms with Crippen LogP contribution in [0.3, 0.4) is 0 Å². The van der Waals surface area contributed by atoms with Gasteiger partial charge in [0.2, 0.25) is 6.23 Å². The van der Waals surface area contributed by atoms with E-state index in [1.807, 2.05) is 59.6 Å². The van der Waals surface area contributed by atoms with Gasteiger partial charge in [0.25, 0.3) is 0 Å². The van der Waals surface area contributed by atoms with Crippen LogP contribution in [0.25, 0.3) is 0 Å². The molecule has 0 spiro atoms. The van der Waals surface area contributed by atoms with Crippen molar-refractivity contribution in [3.05, 3.63) is 92.9 Å². The molecule has 2 aliphatic heterocycles. The smallest absolute Gasteiger partial charge is 0.214 e. The zero-order chi connectivity index (χ0) is 20.0. The number of fused-ring (bicyclic) bond motifs is 3. The zero-order valence-electron chi connectivity index (χ0n) is 15.7. The molecule has 3 aromatic carbocycles. The van der Waals surface area contributed by atoms with Gasteiger partial charge in [-0.2, -0.15) is 5.10 Å². The highest BCUT2D eigenvalue weighted by Crippen LogP contribution is 2.48. The molecule has 4 nitrogen and oxygen atoms in total. The SMILES string of the molecule is COc1cccc([C@H]2Oc3ccc(Cl)cc3[C@H]3CC(c4ccc(Br)cc4)=NN32)c1. The average molecular weight is 470 g/mol. The van der Waals surface area contributed by atoms with Gasteiger partial charge in [0.05, 0.1) is 18.9 Å². The Morgan fingerprint density at radius 2 is 1.93 bits per heavy atom. The minimum atomic E-state index is -0.336. The molecule has 0 N–H and O–H groups in total. The number of rotatable bonds is 3. The van der Waals surface area contributed by atoms with E-state index in [4.69, 9.17) is 26.2 Å². The summed E-state index contributed by atoms with van der Waals surface area (Å²) in [6.07, 6.45) is 0.454. The highest BCUT2D eigenvalue weighted by atomic mass is 79.9. The number of hydrazone groups is 1. The summed E-state index contributed by atoms with van der Waals surface area (Å²) in [5.74, 6) is 1.64. The number of hydrogen-bond acceptors (Lipinski definition) is 4. The van der Waals surface area contributed by atoms with Gasteiger partial charge in [0.1, 0.15) is 11.5 Å². The Labute approximate surface area is 182 Å². The van der Waals surface area contributed by atoms with Crippen LogP contribution in [0.5, 0.6) is 11.5 Å². The number of benzene rings is 3. The molecule has 146 valence electrons. The van der Waals surface area contributed by atoms with Gasteiger partial charge in [0.15, 0.2) is 0 Å². The van der Waals surface area contributed by atoms with Gasteiger partial charge in [-0.1, -0.05) is 51.8 Å². The first-order valence-corrected chi connectivity index (χ1v) is 10.5. The van der Waals surface area contributed by atoms with Gasteiger partial charge in [-0.3, -0.25) is 0 Å². The van der Waals surface area contributed by atoms with E-state index in [9.17, 15) is 0 Å². The molecule has 0 saturated carbocycles. The molecule has 2 aliphatic rings. The van der Waals surface area contributed by atoms with Crippen LogP contribution in [0.15, 0.2) is 76.3 Å². The molecule has 0 unspecified atom stereocenters. The highest BCUT2D eigenvalue weighted by molar-refractivity contribution is 9.10. The van der Waals surface area contributed by atoms with Crippen molar-refractivity contribution < 1.29 is 9.47 Å². The van der Waals surface area contributed by atoms with E-state index in [0.29, 0.717) is 5.02 Å². The van der Waals surface area contributed by atoms with Crippen molar-refractivity contribution >= 4 is 33.2 Å². The Hall–Kier alpha value is -2.50. The quantitative estimate of drug-likeness (QED) is 0.448. The number of ether oxygens (including phenoxy) is 2. The summed E-state index contributed by atoms with van der Waals surface area (Å²) < 4.78 is 12.8. The van der Waals surface area contributed by atoms with E-state index in [0.717, 1.165) is 44.8 Å². The second-order valence-electron chi connectivity index (χ2n) is 7.08. The van der Waals surface area contributed by atoms with E-state index in [1.54, 1.807) is 7.11 Å². The fourth-order valence-electron chi connectivity index (χ4n) is 3.89. The predicted octanol–water partition coefficient (Wildman–Crippen LogP) is 6.35. The number of methoxy groups -OCH3 is 1. The van der Waals surface area contributed by atoms with Crippen molar-refractivity contribution in [1.82, 2.24) is 5.01 Å². The monoisotopic (exact) mass is 468 g/mol. The van der Waals surface area contributed by atoms with Crippen LogP contribution in [0.4, 0.5) is 0 Å². The molecule has 0 saturated heterocycles. The van der Waals surface area contributed by atoms with Crippen LogP contribution in [0.2, 0.25) is 5.02 Å². The molecule has 3 aromatic rings. The van der Waals surface area contributed by atoms with E-state index < -0.39 is 0 Å². The van der Waals surface area contributed by atoms with E-state index in [2.05, 4.69) is 28.1 Å². The molecule has 0 radical (unpaired) electrons. The molecular weight excluding hydrogens is 452 g/mol. The molecule has 2 atom stereocenters. The number of hydrogen-bond donors (Lipinski definition) is 0. The van der Waals surface area contributed by atoms with Crippen molar-refractivity contribution in [2.75, 3.05) is 7.11 Å². The Kier molecular flexibility index (Phi) is 4.72. The normalized spacial score (nSPS) is 19.8. The molecule has 0 aromatic heterocycles. The van der Waals surface area contributed by atoms with Crippen LogP contribution in [-0.4, -0.2) is 17.8 Å². The molecule has 0 bridgehead atoms.